The molecule has 0 radical (unpaired) electrons. The van der Waals surface area contributed by atoms with Crippen LogP contribution in [0, 0.1) is 17.1 Å². The second-order valence-corrected chi connectivity index (χ2v) is 3.96. The molecular formula is C13H16FN3O2. The van der Waals surface area contributed by atoms with Gasteiger partial charge in [0.15, 0.2) is 0 Å². The van der Waals surface area contributed by atoms with Crippen molar-refractivity contribution in [3.8, 4) is 6.07 Å². The van der Waals surface area contributed by atoms with Crippen molar-refractivity contribution >= 4 is 11.6 Å². The Labute approximate surface area is 111 Å². The van der Waals surface area contributed by atoms with E-state index in [0.29, 0.717) is 18.8 Å². The van der Waals surface area contributed by atoms with Gasteiger partial charge in [0.05, 0.1) is 12.2 Å². The molecule has 0 fully saturated rings. The van der Waals surface area contributed by atoms with E-state index in [1.165, 1.54) is 12.1 Å². The summed E-state index contributed by atoms with van der Waals surface area (Å²) in [5, 5.41) is 14.1. The van der Waals surface area contributed by atoms with Gasteiger partial charge in [-0.05, 0) is 25.1 Å². The number of halogens is 1. The minimum Gasteiger partial charge on any atom is -0.383 e. The first-order valence-corrected chi connectivity index (χ1v) is 5.81. The number of nitrogens with zero attached hydrogens (tertiary/aromatic N) is 1. The minimum atomic E-state index is -0.612. The molecule has 0 saturated carbocycles. The van der Waals surface area contributed by atoms with Crippen LogP contribution in [0.4, 0.5) is 10.1 Å². The fraction of sp³-hybridized carbons (Fsp3) is 0.385. The normalized spacial score (nSPS) is 11.5. The van der Waals surface area contributed by atoms with Gasteiger partial charge in [0.1, 0.15) is 17.9 Å². The van der Waals surface area contributed by atoms with Crippen LogP contribution in [0.5, 0.6) is 0 Å². The molecule has 19 heavy (non-hydrogen) atoms. The first-order valence-electron chi connectivity index (χ1n) is 5.81. The molecule has 1 aromatic carbocycles. The molecule has 0 bridgehead atoms. The van der Waals surface area contributed by atoms with E-state index in [9.17, 15) is 9.18 Å². The lowest BCUT2D eigenvalue weighted by molar-refractivity contribution is -0.121. The average molecular weight is 265 g/mol. The second kappa shape index (κ2) is 7.34. The van der Waals surface area contributed by atoms with Gasteiger partial charge in [0, 0.05) is 19.3 Å². The Hall–Kier alpha value is -2.13. The third kappa shape index (κ3) is 4.56. The minimum absolute atomic E-state index is 0.0252. The number of methoxy groups -OCH3 is 1. The van der Waals surface area contributed by atoms with Gasteiger partial charge in [-0.2, -0.15) is 5.26 Å². The molecule has 0 heterocycles. The molecule has 0 aromatic heterocycles. The monoisotopic (exact) mass is 265 g/mol. The second-order valence-electron chi connectivity index (χ2n) is 3.96. The Morgan fingerprint density at radius 3 is 2.89 bits per heavy atom. The van der Waals surface area contributed by atoms with E-state index in [4.69, 9.17) is 10.00 Å². The fourth-order valence-electron chi connectivity index (χ4n) is 1.44. The number of carbonyl (C=O) groups excluding carboxylic acids is 1. The lowest BCUT2D eigenvalue weighted by Crippen LogP contribution is -2.39. The van der Waals surface area contributed by atoms with Gasteiger partial charge in [0.25, 0.3) is 0 Å². The van der Waals surface area contributed by atoms with Gasteiger partial charge in [-0.15, -0.1) is 0 Å². The summed E-state index contributed by atoms with van der Waals surface area (Å²) in [6.07, 6.45) is 0. The average Bonchev–Trinajstić information content (AvgIpc) is 2.39. The van der Waals surface area contributed by atoms with E-state index in [0.717, 1.165) is 0 Å². The smallest absolute Gasteiger partial charge is 0.242 e. The molecule has 6 heteroatoms. The molecule has 0 spiro atoms. The maximum absolute atomic E-state index is 13.4. The number of ether oxygens (including phenoxy) is 1. The summed E-state index contributed by atoms with van der Waals surface area (Å²) in [6.45, 7) is 2.52. The summed E-state index contributed by atoms with van der Waals surface area (Å²) in [4.78, 5) is 11.7. The lowest BCUT2D eigenvalue weighted by Gasteiger charge is -2.15. The maximum Gasteiger partial charge on any atom is 0.242 e. The predicted molar refractivity (Wildman–Crippen MR) is 69.1 cm³/mol. The summed E-state index contributed by atoms with van der Waals surface area (Å²) in [5.74, 6) is -0.818. The Kier molecular flexibility index (Phi) is 5.76. The number of rotatable bonds is 6. The molecule has 2 N–H and O–H groups in total. The first-order chi connectivity index (χ1) is 9.08. The van der Waals surface area contributed by atoms with Gasteiger partial charge in [-0.25, -0.2) is 4.39 Å². The fourth-order valence-corrected chi connectivity index (χ4v) is 1.44. The Morgan fingerprint density at radius 1 is 1.58 bits per heavy atom. The zero-order chi connectivity index (χ0) is 14.3. The molecular weight excluding hydrogens is 249 g/mol. The molecule has 0 saturated heterocycles. The van der Waals surface area contributed by atoms with E-state index < -0.39 is 11.9 Å². The molecule has 0 aliphatic carbocycles. The van der Waals surface area contributed by atoms with Crippen molar-refractivity contribution in [3.05, 3.63) is 29.6 Å². The van der Waals surface area contributed by atoms with Gasteiger partial charge in [-0.3, -0.25) is 4.79 Å². The number of hydrogen-bond acceptors (Lipinski definition) is 4. The number of nitriles is 1. The third-order valence-electron chi connectivity index (χ3n) is 2.47. The summed E-state index contributed by atoms with van der Waals surface area (Å²) in [7, 11) is 1.55. The van der Waals surface area contributed by atoms with E-state index >= 15 is 0 Å². The highest BCUT2D eigenvalue weighted by Gasteiger charge is 2.12. The van der Waals surface area contributed by atoms with E-state index in [2.05, 4.69) is 10.6 Å². The molecule has 0 aliphatic rings. The summed E-state index contributed by atoms with van der Waals surface area (Å²) in [5.41, 5.74) is 0.425. The van der Waals surface area contributed by atoms with Crippen molar-refractivity contribution in [1.82, 2.24) is 5.32 Å². The van der Waals surface area contributed by atoms with Crippen LogP contribution in [0.2, 0.25) is 0 Å². The number of benzene rings is 1. The standard InChI is InChI=1S/C13H16FN3O2/c1-9(13(18)16-5-6-19-2)17-11-4-3-10(8-15)12(14)7-11/h3-4,7,9,17H,5-6H2,1-2H3,(H,16,18). The van der Waals surface area contributed by atoms with Crippen LogP contribution >= 0.6 is 0 Å². The molecule has 0 aliphatic heterocycles. The van der Waals surface area contributed by atoms with Crippen LogP contribution in [0.15, 0.2) is 18.2 Å². The van der Waals surface area contributed by atoms with Gasteiger partial charge >= 0.3 is 0 Å². The maximum atomic E-state index is 13.4. The SMILES string of the molecule is COCCNC(=O)C(C)Nc1ccc(C#N)c(F)c1. The largest absolute Gasteiger partial charge is 0.383 e. The highest BCUT2D eigenvalue weighted by Crippen LogP contribution is 2.14. The summed E-state index contributed by atoms with van der Waals surface area (Å²) >= 11 is 0. The number of amides is 1. The van der Waals surface area contributed by atoms with Crippen LogP contribution in [0.1, 0.15) is 12.5 Å². The van der Waals surface area contributed by atoms with Gasteiger partial charge in [-0.1, -0.05) is 0 Å². The quantitative estimate of drug-likeness (QED) is 0.759. The Balaban J connectivity index is 2.57. The van der Waals surface area contributed by atoms with Crippen LogP contribution in [-0.2, 0) is 9.53 Å². The van der Waals surface area contributed by atoms with Crippen molar-refractivity contribution in [2.45, 2.75) is 13.0 Å². The highest BCUT2D eigenvalue weighted by molar-refractivity contribution is 5.84. The molecule has 1 atom stereocenters. The summed E-state index contributed by atoms with van der Waals surface area (Å²) in [6, 6.07) is 5.34. The van der Waals surface area contributed by atoms with Crippen molar-refractivity contribution in [2.75, 3.05) is 25.6 Å². The molecule has 1 unspecified atom stereocenters. The van der Waals surface area contributed by atoms with E-state index in [-0.39, 0.29) is 11.5 Å². The van der Waals surface area contributed by atoms with Gasteiger partial charge in [0.2, 0.25) is 5.91 Å². The number of nitrogens with one attached hydrogen (secondary N) is 2. The van der Waals surface area contributed by atoms with Crippen LogP contribution in [0.3, 0.4) is 0 Å². The number of carbonyl (C=O) groups is 1. The lowest BCUT2D eigenvalue weighted by atomic mass is 10.2. The Bertz CT molecular complexity index is 485. The Morgan fingerprint density at radius 2 is 2.32 bits per heavy atom. The van der Waals surface area contributed by atoms with Crippen LogP contribution in [-0.4, -0.2) is 32.2 Å². The number of hydrogen-bond donors (Lipinski definition) is 2. The molecule has 5 nitrogen and oxygen atoms in total. The van der Waals surface area contributed by atoms with Crippen molar-refractivity contribution in [3.63, 3.8) is 0 Å². The highest BCUT2D eigenvalue weighted by atomic mass is 19.1. The third-order valence-corrected chi connectivity index (χ3v) is 2.47. The summed E-state index contributed by atoms with van der Waals surface area (Å²) < 4.78 is 18.2. The van der Waals surface area contributed by atoms with E-state index in [1.54, 1.807) is 26.2 Å². The predicted octanol–water partition coefficient (Wildman–Crippen LogP) is 1.26. The zero-order valence-electron chi connectivity index (χ0n) is 10.9. The van der Waals surface area contributed by atoms with Crippen molar-refractivity contribution in [1.29, 1.82) is 5.26 Å². The van der Waals surface area contributed by atoms with Crippen molar-refractivity contribution < 1.29 is 13.9 Å². The van der Waals surface area contributed by atoms with Gasteiger partial charge < -0.3 is 15.4 Å². The van der Waals surface area contributed by atoms with Crippen LogP contribution in [0.25, 0.3) is 0 Å². The van der Waals surface area contributed by atoms with Crippen LogP contribution < -0.4 is 10.6 Å². The molecule has 1 amide bonds. The van der Waals surface area contributed by atoms with Crippen molar-refractivity contribution in [2.24, 2.45) is 0 Å². The zero-order valence-corrected chi connectivity index (χ0v) is 10.9. The first kappa shape index (κ1) is 14.9. The van der Waals surface area contributed by atoms with E-state index in [1.807, 2.05) is 0 Å². The molecule has 102 valence electrons. The topological polar surface area (TPSA) is 74.2 Å². The molecule has 1 rings (SSSR count). The molecule has 1 aromatic rings. The number of anilines is 1.